The van der Waals surface area contributed by atoms with E-state index in [4.69, 9.17) is 18.6 Å². The number of furan rings is 1. The number of nitrogens with one attached hydrogen (secondary N) is 2. The summed E-state index contributed by atoms with van der Waals surface area (Å²) in [6.45, 7) is 3.99. The van der Waals surface area contributed by atoms with E-state index in [1.54, 1.807) is 27.6 Å². The van der Waals surface area contributed by atoms with E-state index in [2.05, 4.69) is 15.6 Å². The molecule has 1 heterocycles. The van der Waals surface area contributed by atoms with Gasteiger partial charge in [0.15, 0.2) is 17.5 Å². The van der Waals surface area contributed by atoms with E-state index < -0.39 is 0 Å². The van der Waals surface area contributed by atoms with Gasteiger partial charge in [-0.15, -0.1) is 0 Å². The molecule has 0 amide bonds. The number of hydrogen-bond acceptors (Lipinski definition) is 5. The number of benzene rings is 1. The van der Waals surface area contributed by atoms with Crippen molar-refractivity contribution in [3.63, 3.8) is 0 Å². The van der Waals surface area contributed by atoms with E-state index in [9.17, 15) is 0 Å². The fourth-order valence-electron chi connectivity index (χ4n) is 2.58. The lowest BCUT2D eigenvalue weighted by Crippen LogP contribution is -2.38. The van der Waals surface area contributed by atoms with Crippen LogP contribution in [0.4, 0.5) is 0 Å². The third kappa shape index (κ3) is 5.08. The largest absolute Gasteiger partial charge is 0.493 e. The zero-order valence-electron chi connectivity index (χ0n) is 15.8. The van der Waals surface area contributed by atoms with E-state index in [1.165, 1.54) is 0 Å². The van der Waals surface area contributed by atoms with Crippen LogP contribution in [0.1, 0.15) is 18.2 Å². The molecule has 0 fully saturated rings. The second-order valence-corrected chi connectivity index (χ2v) is 5.44. The van der Waals surface area contributed by atoms with Crippen LogP contribution >= 0.6 is 0 Å². The van der Waals surface area contributed by atoms with E-state index in [0.717, 1.165) is 30.2 Å². The van der Waals surface area contributed by atoms with Crippen molar-refractivity contribution in [1.29, 1.82) is 0 Å². The van der Waals surface area contributed by atoms with E-state index in [1.807, 2.05) is 31.2 Å². The quantitative estimate of drug-likeness (QED) is 0.528. The van der Waals surface area contributed by atoms with Gasteiger partial charge in [0.2, 0.25) is 5.75 Å². The molecule has 0 radical (unpaired) electrons. The molecule has 2 aromatic rings. The Hall–Kier alpha value is -2.83. The molecule has 1 aromatic carbocycles. The smallest absolute Gasteiger partial charge is 0.203 e. The molecule has 0 spiro atoms. The van der Waals surface area contributed by atoms with Crippen molar-refractivity contribution >= 4 is 5.96 Å². The van der Waals surface area contributed by atoms with Gasteiger partial charge in [0, 0.05) is 18.7 Å². The Bertz CT molecular complexity index is 699. The first-order valence-electron chi connectivity index (χ1n) is 8.55. The third-order valence-corrected chi connectivity index (χ3v) is 3.79. The fraction of sp³-hybridized carbons (Fsp3) is 0.421. The Morgan fingerprint density at radius 1 is 1.04 bits per heavy atom. The van der Waals surface area contributed by atoms with Crippen molar-refractivity contribution in [1.82, 2.24) is 10.6 Å². The van der Waals surface area contributed by atoms with Gasteiger partial charge < -0.3 is 29.3 Å². The molecular formula is C19H27N3O4. The maximum atomic E-state index is 5.52. The first-order valence-corrected chi connectivity index (χ1v) is 8.55. The molecular weight excluding hydrogens is 334 g/mol. The number of ether oxygens (including phenoxy) is 3. The molecule has 0 saturated carbocycles. The van der Waals surface area contributed by atoms with Crippen LogP contribution in [0.15, 0.2) is 39.9 Å². The Labute approximate surface area is 154 Å². The SMILES string of the molecule is CCNC(=NCc1ccco1)NCCc1ccc(OC)c(OC)c1OC. The van der Waals surface area contributed by atoms with Crippen molar-refractivity contribution in [2.75, 3.05) is 34.4 Å². The van der Waals surface area contributed by atoms with Crippen LogP contribution in [0.2, 0.25) is 0 Å². The molecule has 2 N–H and O–H groups in total. The maximum Gasteiger partial charge on any atom is 0.203 e. The molecule has 26 heavy (non-hydrogen) atoms. The summed E-state index contributed by atoms with van der Waals surface area (Å²) in [6, 6.07) is 7.62. The summed E-state index contributed by atoms with van der Waals surface area (Å²) < 4.78 is 21.6. The van der Waals surface area contributed by atoms with Crippen LogP contribution in [0.5, 0.6) is 17.2 Å². The van der Waals surface area contributed by atoms with Gasteiger partial charge in [-0.2, -0.15) is 0 Å². The van der Waals surface area contributed by atoms with Crippen molar-refractivity contribution < 1.29 is 18.6 Å². The Morgan fingerprint density at radius 3 is 2.46 bits per heavy atom. The minimum absolute atomic E-state index is 0.488. The molecule has 7 nitrogen and oxygen atoms in total. The van der Waals surface area contributed by atoms with Gasteiger partial charge in [-0.05, 0) is 31.5 Å². The van der Waals surface area contributed by atoms with Crippen LogP contribution in [-0.2, 0) is 13.0 Å². The van der Waals surface area contributed by atoms with Gasteiger partial charge in [-0.3, -0.25) is 0 Å². The molecule has 7 heteroatoms. The predicted molar refractivity (Wildman–Crippen MR) is 101 cm³/mol. The highest BCUT2D eigenvalue weighted by molar-refractivity contribution is 5.79. The Balaban J connectivity index is 2.01. The highest BCUT2D eigenvalue weighted by Crippen LogP contribution is 2.39. The molecule has 142 valence electrons. The lowest BCUT2D eigenvalue weighted by Gasteiger charge is -2.16. The van der Waals surface area contributed by atoms with Crippen molar-refractivity contribution in [2.45, 2.75) is 19.9 Å². The normalized spacial score (nSPS) is 11.2. The fourth-order valence-corrected chi connectivity index (χ4v) is 2.58. The number of guanidine groups is 1. The van der Waals surface area contributed by atoms with Crippen LogP contribution in [0.3, 0.4) is 0 Å². The van der Waals surface area contributed by atoms with E-state index >= 15 is 0 Å². The zero-order chi connectivity index (χ0) is 18.8. The molecule has 2 rings (SSSR count). The highest BCUT2D eigenvalue weighted by Gasteiger charge is 2.15. The summed E-state index contributed by atoms with van der Waals surface area (Å²) in [4.78, 5) is 4.52. The molecule has 0 saturated heterocycles. The van der Waals surface area contributed by atoms with Gasteiger partial charge in [-0.25, -0.2) is 4.99 Å². The van der Waals surface area contributed by atoms with Crippen LogP contribution in [0.25, 0.3) is 0 Å². The van der Waals surface area contributed by atoms with Gasteiger partial charge in [-0.1, -0.05) is 6.07 Å². The molecule has 0 aliphatic heterocycles. The minimum atomic E-state index is 0.488. The molecule has 0 aliphatic carbocycles. The molecule has 0 aliphatic rings. The van der Waals surface area contributed by atoms with Crippen molar-refractivity contribution in [3.8, 4) is 17.2 Å². The molecule has 0 atom stereocenters. The molecule has 1 aromatic heterocycles. The van der Waals surface area contributed by atoms with Crippen LogP contribution < -0.4 is 24.8 Å². The summed E-state index contributed by atoms with van der Waals surface area (Å²) in [6.07, 6.45) is 2.39. The number of nitrogens with zero attached hydrogens (tertiary/aromatic N) is 1. The van der Waals surface area contributed by atoms with Gasteiger partial charge in [0.25, 0.3) is 0 Å². The summed E-state index contributed by atoms with van der Waals surface area (Å²) in [5.74, 6) is 3.50. The average molecular weight is 361 g/mol. The number of hydrogen-bond donors (Lipinski definition) is 2. The third-order valence-electron chi connectivity index (χ3n) is 3.79. The first kappa shape index (κ1) is 19.5. The summed E-state index contributed by atoms with van der Waals surface area (Å²) in [5, 5.41) is 6.54. The Kier molecular flexibility index (Phi) is 7.67. The number of aliphatic imine (C=N–C) groups is 1. The highest BCUT2D eigenvalue weighted by atomic mass is 16.5. The summed E-state index contributed by atoms with van der Waals surface area (Å²) in [5.41, 5.74) is 1.03. The predicted octanol–water partition coefficient (Wildman–Crippen LogP) is 2.60. The average Bonchev–Trinajstić information content (AvgIpc) is 3.18. The first-order chi connectivity index (χ1) is 12.7. The second-order valence-electron chi connectivity index (χ2n) is 5.44. The van der Waals surface area contributed by atoms with Crippen molar-refractivity contribution in [3.05, 3.63) is 41.9 Å². The molecule has 0 unspecified atom stereocenters. The molecule has 0 bridgehead atoms. The maximum absolute atomic E-state index is 5.52. The summed E-state index contributed by atoms with van der Waals surface area (Å²) >= 11 is 0. The van der Waals surface area contributed by atoms with Gasteiger partial charge in [0.1, 0.15) is 12.3 Å². The van der Waals surface area contributed by atoms with Crippen LogP contribution in [0, 0.1) is 0 Å². The van der Waals surface area contributed by atoms with Gasteiger partial charge in [0.05, 0.1) is 27.6 Å². The summed E-state index contributed by atoms with van der Waals surface area (Å²) in [7, 11) is 4.84. The number of rotatable bonds is 9. The van der Waals surface area contributed by atoms with Crippen molar-refractivity contribution in [2.24, 2.45) is 4.99 Å². The monoisotopic (exact) mass is 361 g/mol. The van der Waals surface area contributed by atoms with Gasteiger partial charge >= 0.3 is 0 Å². The minimum Gasteiger partial charge on any atom is -0.493 e. The van der Waals surface area contributed by atoms with E-state index in [0.29, 0.717) is 30.3 Å². The zero-order valence-corrected chi connectivity index (χ0v) is 15.8. The van der Waals surface area contributed by atoms with Crippen LogP contribution in [-0.4, -0.2) is 40.4 Å². The topological polar surface area (TPSA) is 77.3 Å². The second kappa shape index (κ2) is 10.2. The number of methoxy groups -OCH3 is 3. The lowest BCUT2D eigenvalue weighted by molar-refractivity contribution is 0.322. The lowest BCUT2D eigenvalue weighted by atomic mass is 10.1. The van der Waals surface area contributed by atoms with E-state index in [-0.39, 0.29) is 0 Å². The Morgan fingerprint density at radius 2 is 1.85 bits per heavy atom. The standard InChI is InChI=1S/C19H27N3O4/c1-5-20-19(22-13-15-7-6-12-26-15)21-11-10-14-8-9-16(23-2)18(25-4)17(14)24-3/h6-9,12H,5,10-11,13H2,1-4H3,(H2,20,21,22).